The zero-order valence-electron chi connectivity index (χ0n) is 11.4. The predicted molar refractivity (Wildman–Crippen MR) is 77.0 cm³/mol. The highest BCUT2D eigenvalue weighted by Crippen LogP contribution is 2.07. The van der Waals surface area contributed by atoms with Gasteiger partial charge in [0.15, 0.2) is 0 Å². The zero-order valence-corrected chi connectivity index (χ0v) is 11.4. The Labute approximate surface area is 109 Å². The molecule has 0 aliphatic carbocycles. The lowest BCUT2D eigenvalue weighted by Gasteiger charge is -2.03. The van der Waals surface area contributed by atoms with Crippen molar-refractivity contribution in [3.63, 3.8) is 0 Å². The summed E-state index contributed by atoms with van der Waals surface area (Å²) in [7, 11) is 1.54. The first-order valence-corrected chi connectivity index (χ1v) is 6.04. The molecule has 0 saturated carbocycles. The van der Waals surface area contributed by atoms with E-state index in [0.717, 1.165) is 11.1 Å². The first kappa shape index (κ1) is 16.0. The van der Waals surface area contributed by atoms with Gasteiger partial charge in [-0.1, -0.05) is 50.8 Å². The Hall–Kier alpha value is -2.03. The smallest absolute Gasteiger partial charge is 0.266 e. The van der Waals surface area contributed by atoms with Crippen LogP contribution in [0.3, 0.4) is 0 Å². The maximum Gasteiger partial charge on any atom is 0.266 e. The van der Waals surface area contributed by atoms with E-state index in [1.165, 1.54) is 0 Å². The Balaban J connectivity index is 0.00000137. The third kappa shape index (κ3) is 5.89. The Morgan fingerprint density at radius 3 is 2.39 bits per heavy atom. The Kier molecular flexibility index (Phi) is 8.03. The number of nitrogens with one attached hydrogen (secondary N) is 1. The van der Waals surface area contributed by atoms with Crippen molar-refractivity contribution >= 4 is 5.91 Å². The summed E-state index contributed by atoms with van der Waals surface area (Å²) < 4.78 is 0. The lowest BCUT2D eigenvalue weighted by Crippen LogP contribution is -2.24. The summed E-state index contributed by atoms with van der Waals surface area (Å²) in [5, 5.41) is 2.46. The lowest BCUT2D eigenvalue weighted by atomic mass is 10.1. The van der Waals surface area contributed by atoms with Gasteiger partial charge in [-0.25, -0.2) is 0 Å². The highest BCUT2D eigenvalue weighted by molar-refractivity contribution is 5.92. The third-order valence-corrected chi connectivity index (χ3v) is 2.12. The van der Waals surface area contributed by atoms with Gasteiger partial charge in [-0.15, -0.1) is 0 Å². The number of rotatable bonds is 4. The maximum atomic E-state index is 11.2. The summed E-state index contributed by atoms with van der Waals surface area (Å²) in [4.78, 5) is 11.2. The van der Waals surface area contributed by atoms with Crippen LogP contribution in [0.15, 0.2) is 54.3 Å². The number of benzene rings is 1. The van der Waals surface area contributed by atoms with Gasteiger partial charge in [0.05, 0.1) is 5.70 Å². The average molecular weight is 246 g/mol. The van der Waals surface area contributed by atoms with Crippen molar-refractivity contribution in [3.8, 4) is 0 Å². The molecule has 0 unspecified atom stereocenters. The van der Waals surface area contributed by atoms with E-state index in [0.29, 0.717) is 6.42 Å². The topological polar surface area (TPSA) is 55.1 Å². The van der Waals surface area contributed by atoms with Gasteiger partial charge in [0.25, 0.3) is 5.91 Å². The SMILES string of the molecule is C=C(/C=C(\N)C(=O)NC)Cc1ccccc1.CC. The van der Waals surface area contributed by atoms with Gasteiger partial charge >= 0.3 is 0 Å². The van der Waals surface area contributed by atoms with Crippen LogP contribution >= 0.6 is 0 Å². The van der Waals surface area contributed by atoms with Crippen molar-refractivity contribution in [2.45, 2.75) is 20.3 Å². The number of hydrogen-bond acceptors (Lipinski definition) is 2. The number of allylic oxidation sites excluding steroid dienone is 2. The summed E-state index contributed by atoms with van der Waals surface area (Å²) in [6, 6.07) is 9.91. The third-order valence-electron chi connectivity index (χ3n) is 2.12. The minimum absolute atomic E-state index is 0.184. The summed E-state index contributed by atoms with van der Waals surface area (Å²) in [6.07, 6.45) is 2.30. The maximum absolute atomic E-state index is 11.2. The molecule has 0 spiro atoms. The van der Waals surface area contributed by atoms with Gasteiger partial charge in [-0.3, -0.25) is 4.79 Å². The van der Waals surface area contributed by atoms with E-state index >= 15 is 0 Å². The molecule has 0 aromatic heterocycles. The summed E-state index contributed by atoms with van der Waals surface area (Å²) in [6.45, 7) is 7.87. The van der Waals surface area contributed by atoms with Crippen LogP contribution in [0.25, 0.3) is 0 Å². The molecule has 98 valence electrons. The molecule has 18 heavy (non-hydrogen) atoms. The second-order valence-electron chi connectivity index (χ2n) is 3.50. The van der Waals surface area contributed by atoms with Crippen LogP contribution in [-0.4, -0.2) is 13.0 Å². The molecule has 3 N–H and O–H groups in total. The highest BCUT2D eigenvalue weighted by Gasteiger charge is 2.02. The molecule has 0 heterocycles. The fourth-order valence-corrected chi connectivity index (χ4v) is 1.34. The first-order chi connectivity index (χ1) is 8.63. The Morgan fingerprint density at radius 1 is 1.33 bits per heavy atom. The van der Waals surface area contributed by atoms with Gasteiger partial charge in [0, 0.05) is 7.05 Å². The number of carbonyl (C=O) groups is 1. The monoisotopic (exact) mass is 246 g/mol. The minimum Gasteiger partial charge on any atom is -0.394 e. The quantitative estimate of drug-likeness (QED) is 0.633. The molecule has 1 aromatic carbocycles. The van der Waals surface area contributed by atoms with Crippen molar-refractivity contribution in [2.24, 2.45) is 5.73 Å². The van der Waals surface area contributed by atoms with E-state index in [-0.39, 0.29) is 11.6 Å². The van der Waals surface area contributed by atoms with Crippen LogP contribution in [0.2, 0.25) is 0 Å². The molecule has 0 aliphatic heterocycles. The van der Waals surface area contributed by atoms with Gasteiger partial charge in [0.1, 0.15) is 0 Å². The van der Waals surface area contributed by atoms with E-state index in [4.69, 9.17) is 5.73 Å². The van der Waals surface area contributed by atoms with Crippen LogP contribution in [0, 0.1) is 0 Å². The van der Waals surface area contributed by atoms with Crippen molar-refractivity contribution in [2.75, 3.05) is 7.05 Å². The molecule has 0 saturated heterocycles. The zero-order chi connectivity index (χ0) is 14.0. The molecular formula is C15H22N2O. The van der Waals surface area contributed by atoms with Gasteiger partial charge in [0.2, 0.25) is 0 Å². The molecule has 0 atom stereocenters. The number of likely N-dealkylation sites (N-methyl/N-ethyl adjacent to an activating group) is 1. The predicted octanol–water partition coefficient (Wildman–Crippen LogP) is 2.40. The summed E-state index contributed by atoms with van der Waals surface area (Å²) >= 11 is 0. The van der Waals surface area contributed by atoms with E-state index < -0.39 is 0 Å². The van der Waals surface area contributed by atoms with E-state index in [9.17, 15) is 4.79 Å². The minimum atomic E-state index is -0.283. The van der Waals surface area contributed by atoms with Crippen LogP contribution in [0.1, 0.15) is 19.4 Å². The Bertz CT molecular complexity index is 408. The first-order valence-electron chi connectivity index (χ1n) is 6.04. The van der Waals surface area contributed by atoms with Crippen LogP contribution < -0.4 is 11.1 Å². The van der Waals surface area contributed by atoms with E-state index in [1.807, 2.05) is 44.2 Å². The molecule has 1 rings (SSSR count). The summed E-state index contributed by atoms with van der Waals surface area (Å²) in [5.74, 6) is -0.283. The second-order valence-corrected chi connectivity index (χ2v) is 3.50. The fraction of sp³-hybridized carbons (Fsp3) is 0.267. The van der Waals surface area contributed by atoms with Crippen LogP contribution in [-0.2, 0) is 11.2 Å². The Morgan fingerprint density at radius 2 is 1.89 bits per heavy atom. The molecular weight excluding hydrogens is 224 g/mol. The van der Waals surface area contributed by atoms with Crippen molar-refractivity contribution in [3.05, 3.63) is 59.8 Å². The molecule has 0 aliphatic rings. The fourth-order valence-electron chi connectivity index (χ4n) is 1.34. The highest BCUT2D eigenvalue weighted by atomic mass is 16.1. The normalized spacial score (nSPS) is 10.1. The molecule has 0 radical (unpaired) electrons. The van der Waals surface area contributed by atoms with Crippen LogP contribution in [0.5, 0.6) is 0 Å². The number of amides is 1. The lowest BCUT2D eigenvalue weighted by molar-refractivity contribution is -0.117. The molecule has 3 heteroatoms. The second kappa shape index (κ2) is 9.05. The van der Waals surface area contributed by atoms with Crippen LogP contribution in [0.4, 0.5) is 0 Å². The number of nitrogens with two attached hydrogens (primary N) is 1. The largest absolute Gasteiger partial charge is 0.394 e. The molecule has 1 amide bonds. The van der Waals surface area contributed by atoms with Gasteiger partial charge in [-0.2, -0.15) is 0 Å². The van der Waals surface area contributed by atoms with Gasteiger partial charge < -0.3 is 11.1 Å². The summed E-state index contributed by atoms with van der Waals surface area (Å²) in [5.41, 5.74) is 7.71. The number of hydrogen-bond donors (Lipinski definition) is 2. The standard InChI is InChI=1S/C13H16N2O.C2H6/c1-10(9-12(14)13(16)15-2)8-11-6-4-3-5-7-11;1-2/h3-7,9H,1,8,14H2,2H3,(H,15,16);1-2H3/b12-9-;. The van der Waals surface area contributed by atoms with E-state index in [2.05, 4.69) is 11.9 Å². The average Bonchev–Trinajstić information content (AvgIpc) is 2.41. The van der Waals surface area contributed by atoms with Crippen molar-refractivity contribution in [1.82, 2.24) is 5.32 Å². The molecule has 0 bridgehead atoms. The van der Waals surface area contributed by atoms with Crippen molar-refractivity contribution in [1.29, 1.82) is 0 Å². The van der Waals surface area contributed by atoms with Gasteiger partial charge in [-0.05, 0) is 23.6 Å². The van der Waals surface area contributed by atoms with E-state index in [1.54, 1.807) is 13.1 Å². The molecule has 3 nitrogen and oxygen atoms in total. The molecule has 1 aromatic rings. The van der Waals surface area contributed by atoms with Crippen molar-refractivity contribution < 1.29 is 4.79 Å². The number of carbonyl (C=O) groups excluding carboxylic acids is 1. The molecule has 0 fully saturated rings.